The van der Waals surface area contributed by atoms with Crippen LogP contribution < -0.4 is 11.1 Å². The topological polar surface area (TPSA) is 159 Å². The molecule has 0 aromatic carbocycles. The van der Waals surface area contributed by atoms with Crippen LogP contribution >= 0.6 is 0 Å². The zero-order chi connectivity index (χ0) is 20.0. The summed E-state index contributed by atoms with van der Waals surface area (Å²) in [4.78, 5) is 40.8. The van der Waals surface area contributed by atoms with Crippen molar-refractivity contribution < 1.29 is 24.2 Å². The van der Waals surface area contributed by atoms with E-state index >= 15 is 0 Å². The van der Waals surface area contributed by atoms with Crippen molar-refractivity contribution in [2.45, 2.75) is 31.9 Å². The van der Waals surface area contributed by atoms with Crippen LogP contribution in [-0.4, -0.2) is 70.5 Å². The number of carbonyl (C=O) groups excluding carboxylic acids is 2. The van der Waals surface area contributed by atoms with Crippen LogP contribution in [0, 0.1) is 5.41 Å². The first-order valence-electron chi connectivity index (χ1n) is 8.51. The van der Waals surface area contributed by atoms with Gasteiger partial charge in [0.25, 0.3) is 5.91 Å². The van der Waals surface area contributed by atoms with E-state index in [9.17, 15) is 14.4 Å². The average molecular weight is 377 g/mol. The second-order valence-corrected chi connectivity index (χ2v) is 6.27. The van der Waals surface area contributed by atoms with Gasteiger partial charge in [0, 0.05) is 24.8 Å². The van der Waals surface area contributed by atoms with Crippen molar-refractivity contribution in [1.82, 2.24) is 15.2 Å². The van der Waals surface area contributed by atoms with Gasteiger partial charge in [-0.3, -0.25) is 20.0 Å². The minimum absolute atomic E-state index is 0.125. The number of aliphatic carboxylic acids is 1. The van der Waals surface area contributed by atoms with Crippen LogP contribution in [0.25, 0.3) is 0 Å². The molecule has 2 rings (SSSR count). The third-order valence-corrected chi connectivity index (χ3v) is 4.22. The van der Waals surface area contributed by atoms with E-state index < -0.39 is 17.9 Å². The second-order valence-electron chi connectivity index (χ2n) is 6.27. The quantitative estimate of drug-likeness (QED) is 0.371. The maximum atomic E-state index is 12.5. The Kier molecular flexibility index (Phi) is 6.83. The van der Waals surface area contributed by atoms with Gasteiger partial charge in [-0.2, -0.15) is 0 Å². The van der Waals surface area contributed by atoms with E-state index in [0.717, 1.165) is 0 Å². The highest BCUT2D eigenvalue weighted by atomic mass is 16.5. The zero-order valence-electron chi connectivity index (χ0n) is 15.0. The number of amidine groups is 1. The molecule has 146 valence electrons. The number of hydrogen-bond donors (Lipinski definition) is 4. The van der Waals surface area contributed by atoms with E-state index in [4.69, 9.17) is 21.0 Å². The van der Waals surface area contributed by atoms with Crippen molar-refractivity contribution in [1.29, 1.82) is 5.41 Å². The van der Waals surface area contributed by atoms with Gasteiger partial charge in [-0.05, 0) is 31.9 Å². The van der Waals surface area contributed by atoms with Crippen LogP contribution in [0.2, 0.25) is 0 Å². The third-order valence-electron chi connectivity index (χ3n) is 4.22. The van der Waals surface area contributed by atoms with Gasteiger partial charge in [-0.25, -0.2) is 4.79 Å². The molecule has 10 nitrogen and oxygen atoms in total. The first kappa shape index (κ1) is 20.3. The number of nitrogens with zero attached hydrogens (tertiary/aromatic N) is 2. The van der Waals surface area contributed by atoms with Crippen molar-refractivity contribution in [3.63, 3.8) is 0 Å². The zero-order valence-corrected chi connectivity index (χ0v) is 15.0. The normalized spacial score (nSPS) is 15.8. The summed E-state index contributed by atoms with van der Waals surface area (Å²) in [7, 11) is 0. The average Bonchev–Trinajstić information content (AvgIpc) is 2.66. The molecule has 2 amide bonds. The van der Waals surface area contributed by atoms with Crippen molar-refractivity contribution in [2.24, 2.45) is 5.73 Å². The first-order chi connectivity index (χ1) is 12.8. The summed E-state index contributed by atoms with van der Waals surface area (Å²) in [6, 6.07) is 2.22. The molecule has 0 saturated carbocycles. The molecule has 5 N–H and O–H groups in total. The van der Waals surface area contributed by atoms with E-state index in [1.807, 2.05) is 0 Å². The molecule has 27 heavy (non-hydrogen) atoms. The standard InChI is InChI=1S/C17H23N5O5/c1-10(21-16(25)13-3-2-11(8-20-13)15(18)19)17(26)22-6-4-12(5-7-22)27-9-14(23)24/h2-3,8,10,12H,4-7,9H2,1H3,(H3,18,19)(H,21,25)(H,23,24)/t10-/m0/s1. The summed E-state index contributed by atoms with van der Waals surface area (Å²) in [5, 5.41) is 18.5. The predicted molar refractivity (Wildman–Crippen MR) is 95.4 cm³/mol. The molecule has 1 saturated heterocycles. The molecule has 1 fully saturated rings. The number of nitrogens with two attached hydrogens (primary N) is 1. The lowest BCUT2D eigenvalue weighted by Gasteiger charge is -2.33. The summed E-state index contributed by atoms with van der Waals surface area (Å²) in [6.07, 6.45) is 2.24. The highest BCUT2D eigenvalue weighted by molar-refractivity contribution is 5.98. The van der Waals surface area contributed by atoms with Crippen molar-refractivity contribution in [3.8, 4) is 0 Å². The second kappa shape index (κ2) is 9.08. The Morgan fingerprint density at radius 3 is 2.59 bits per heavy atom. The Bertz CT molecular complexity index is 713. The van der Waals surface area contributed by atoms with E-state index in [2.05, 4.69) is 10.3 Å². The fourth-order valence-electron chi connectivity index (χ4n) is 2.73. The number of likely N-dealkylation sites (tertiary alicyclic amines) is 1. The summed E-state index contributed by atoms with van der Waals surface area (Å²) in [5.41, 5.74) is 5.87. The molecular formula is C17H23N5O5. The number of aromatic nitrogens is 1. The van der Waals surface area contributed by atoms with Crippen LogP contribution in [0.1, 0.15) is 35.8 Å². The smallest absolute Gasteiger partial charge is 0.329 e. The van der Waals surface area contributed by atoms with Gasteiger partial charge in [0.1, 0.15) is 24.2 Å². The Labute approximate surface area is 156 Å². The van der Waals surface area contributed by atoms with Crippen molar-refractivity contribution in [3.05, 3.63) is 29.6 Å². The van der Waals surface area contributed by atoms with Gasteiger partial charge in [0.05, 0.1) is 6.10 Å². The van der Waals surface area contributed by atoms with E-state index in [1.165, 1.54) is 18.3 Å². The third kappa shape index (κ3) is 5.74. The van der Waals surface area contributed by atoms with Crippen molar-refractivity contribution in [2.75, 3.05) is 19.7 Å². The van der Waals surface area contributed by atoms with E-state index in [1.54, 1.807) is 11.8 Å². The van der Waals surface area contributed by atoms with Gasteiger partial charge in [-0.15, -0.1) is 0 Å². The van der Waals surface area contributed by atoms with Gasteiger partial charge in [-0.1, -0.05) is 0 Å². The Morgan fingerprint density at radius 2 is 2.07 bits per heavy atom. The monoisotopic (exact) mass is 377 g/mol. The molecule has 1 aliphatic heterocycles. The fraction of sp³-hybridized carbons (Fsp3) is 0.471. The minimum Gasteiger partial charge on any atom is -0.480 e. The molecule has 0 bridgehead atoms. The number of pyridine rings is 1. The lowest BCUT2D eigenvalue weighted by molar-refractivity contribution is -0.147. The van der Waals surface area contributed by atoms with Crippen LogP contribution in [0.5, 0.6) is 0 Å². The maximum absolute atomic E-state index is 12.5. The highest BCUT2D eigenvalue weighted by Gasteiger charge is 2.27. The van der Waals surface area contributed by atoms with Crippen LogP contribution in [0.4, 0.5) is 0 Å². The number of carboxylic acid groups (broad SMARTS) is 1. The molecule has 10 heteroatoms. The number of rotatable bonds is 7. The SMILES string of the molecule is C[C@H](NC(=O)c1ccc(C(=N)N)cn1)C(=O)N1CCC(OCC(=O)O)CC1. The van der Waals surface area contributed by atoms with E-state index in [0.29, 0.717) is 31.5 Å². The van der Waals surface area contributed by atoms with Gasteiger partial charge in [0.2, 0.25) is 5.91 Å². The Morgan fingerprint density at radius 1 is 1.41 bits per heavy atom. The van der Waals surface area contributed by atoms with Crippen LogP contribution in [-0.2, 0) is 14.3 Å². The molecule has 0 unspecified atom stereocenters. The molecule has 0 spiro atoms. The highest BCUT2D eigenvalue weighted by Crippen LogP contribution is 2.14. The summed E-state index contributed by atoms with van der Waals surface area (Å²) in [6.45, 7) is 2.13. The number of ether oxygens (including phenoxy) is 1. The lowest BCUT2D eigenvalue weighted by Crippen LogP contribution is -2.50. The van der Waals surface area contributed by atoms with Crippen LogP contribution in [0.3, 0.4) is 0 Å². The number of amides is 2. The number of hydrogen-bond acceptors (Lipinski definition) is 6. The molecule has 1 aromatic heterocycles. The van der Waals surface area contributed by atoms with Gasteiger partial charge < -0.3 is 25.8 Å². The first-order valence-corrected chi connectivity index (χ1v) is 8.51. The molecule has 1 atom stereocenters. The minimum atomic E-state index is -1.02. The number of carbonyl (C=O) groups is 3. The summed E-state index contributed by atoms with van der Waals surface area (Å²) in [5.74, 6) is -1.88. The predicted octanol–water partition coefficient (Wildman–Crippen LogP) is -0.424. The van der Waals surface area contributed by atoms with Gasteiger partial charge >= 0.3 is 5.97 Å². The molecule has 0 aliphatic carbocycles. The number of piperidine rings is 1. The molecule has 1 aromatic rings. The summed E-state index contributed by atoms with van der Waals surface area (Å²) >= 11 is 0. The molecule has 1 aliphatic rings. The Balaban J connectivity index is 1.84. The molecule has 2 heterocycles. The van der Waals surface area contributed by atoms with Crippen LogP contribution in [0.15, 0.2) is 18.3 Å². The largest absolute Gasteiger partial charge is 0.480 e. The maximum Gasteiger partial charge on any atom is 0.329 e. The number of carboxylic acids is 1. The molecular weight excluding hydrogens is 354 g/mol. The lowest BCUT2D eigenvalue weighted by atomic mass is 10.1. The van der Waals surface area contributed by atoms with Gasteiger partial charge in [0.15, 0.2) is 0 Å². The number of nitrogens with one attached hydrogen (secondary N) is 2. The summed E-state index contributed by atoms with van der Waals surface area (Å²) < 4.78 is 5.24. The fourth-order valence-corrected chi connectivity index (χ4v) is 2.73. The van der Waals surface area contributed by atoms with Crippen molar-refractivity contribution >= 4 is 23.6 Å². The van der Waals surface area contributed by atoms with E-state index in [-0.39, 0.29) is 30.1 Å². The molecule has 0 radical (unpaired) electrons. The Hall–Kier alpha value is -3.01. The number of nitrogen functional groups attached to an aromatic ring is 1.